The molecule has 0 radical (unpaired) electrons. The van der Waals surface area contributed by atoms with Crippen molar-refractivity contribution in [2.24, 2.45) is 10.9 Å². The molecular formula is C8H11N3O2. The Labute approximate surface area is 75.8 Å². The van der Waals surface area contributed by atoms with E-state index in [0.29, 0.717) is 11.6 Å². The quantitative estimate of drug-likeness (QED) is 0.301. The Morgan fingerprint density at radius 3 is 2.85 bits per heavy atom. The standard InChI is InChI=1S/C8H11N3O2/c1-5-3-4-6(7(9)11-12)10-8(5)13-2/h3-4,12H,1-2H3,(H2,9,11). The Bertz CT molecular complexity index is 336. The molecule has 1 rings (SSSR count). The number of aromatic nitrogens is 1. The van der Waals surface area contributed by atoms with Crippen LogP contribution in [0.25, 0.3) is 0 Å². The molecule has 1 heterocycles. The summed E-state index contributed by atoms with van der Waals surface area (Å²) in [5.41, 5.74) is 6.64. The number of amidine groups is 1. The lowest BCUT2D eigenvalue weighted by Crippen LogP contribution is -2.15. The van der Waals surface area contributed by atoms with Crippen LogP contribution in [0.15, 0.2) is 17.3 Å². The first-order chi connectivity index (χ1) is 6.19. The van der Waals surface area contributed by atoms with Crippen LogP contribution in [-0.2, 0) is 0 Å². The van der Waals surface area contributed by atoms with E-state index in [1.165, 1.54) is 7.11 Å². The van der Waals surface area contributed by atoms with Crippen LogP contribution in [-0.4, -0.2) is 23.1 Å². The Morgan fingerprint density at radius 2 is 2.31 bits per heavy atom. The molecule has 0 aliphatic heterocycles. The summed E-state index contributed by atoms with van der Waals surface area (Å²) in [4.78, 5) is 4.02. The normalized spacial score (nSPS) is 11.4. The second kappa shape index (κ2) is 3.75. The number of hydrogen-bond donors (Lipinski definition) is 2. The van der Waals surface area contributed by atoms with Crippen molar-refractivity contribution in [1.82, 2.24) is 4.98 Å². The summed E-state index contributed by atoms with van der Waals surface area (Å²) in [7, 11) is 1.52. The SMILES string of the molecule is COc1nc(/C(N)=N/O)ccc1C. The molecule has 0 fully saturated rings. The highest BCUT2D eigenvalue weighted by Crippen LogP contribution is 2.13. The van der Waals surface area contributed by atoms with Gasteiger partial charge in [0.25, 0.3) is 0 Å². The lowest BCUT2D eigenvalue weighted by molar-refractivity contribution is 0.318. The topological polar surface area (TPSA) is 80.7 Å². The summed E-state index contributed by atoms with van der Waals surface area (Å²) < 4.78 is 4.98. The maximum absolute atomic E-state index is 8.40. The molecule has 0 aromatic carbocycles. The molecule has 70 valence electrons. The van der Waals surface area contributed by atoms with Gasteiger partial charge in [-0.3, -0.25) is 0 Å². The molecule has 5 heteroatoms. The summed E-state index contributed by atoms with van der Waals surface area (Å²) in [6, 6.07) is 3.45. The summed E-state index contributed by atoms with van der Waals surface area (Å²) in [6.07, 6.45) is 0. The molecule has 13 heavy (non-hydrogen) atoms. The molecule has 1 aromatic heterocycles. The molecule has 3 N–H and O–H groups in total. The van der Waals surface area contributed by atoms with Crippen LogP contribution >= 0.6 is 0 Å². The minimum atomic E-state index is -0.0294. The van der Waals surface area contributed by atoms with Crippen molar-refractivity contribution in [1.29, 1.82) is 0 Å². The summed E-state index contributed by atoms with van der Waals surface area (Å²) >= 11 is 0. The van der Waals surface area contributed by atoms with Crippen LogP contribution < -0.4 is 10.5 Å². The molecule has 0 atom stereocenters. The minimum Gasteiger partial charge on any atom is -0.481 e. The van der Waals surface area contributed by atoms with E-state index in [2.05, 4.69) is 10.1 Å². The number of rotatable bonds is 2. The van der Waals surface area contributed by atoms with E-state index in [1.807, 2.05) is 6.92 Å². The van der Waals surface area contributed by atoms with E-state index in [-0.39, 0.29) is 5.84 Å². The predicted octanol–water partition coefficient (Wildman–Crippen LogP) is 0.493. The Kier molecular flexibility index (Phi) is 2.69. The number of nitrogens with two attached hydrogens (primary N) is 1. The van der Waals surface area contributed by atoms with Crippen LogP contribution in [0.5, 0.6) is 5.88 Å². The van der Waals surface area contributed by atoms with E-state index < -0.39 is 0 Å². The average Bonchev–Trinajstić information content (AvgIpc) is 2.17. The zero-order valence-electron chi connectivity index (χ0n) is 7.48. The van der Waals surface area contributed by atoms with Crippen molar-refractivity contribution in [3.63, 3.8) is 0 Å². The first kappa shape index (κ1) is 9.31. The number of pyridine rings is 1. The molecule has 0 saturated carbocycles. The fourth-order valence-electron chi connectivity index (χ4n) is 0.911. The molecule has 0 aliphatic rings. The monoisotopic (exact) mass is 181 g/mol. The molecule has 1 aromatic rings. The predicted molar refractivity (Wildman–Crippen MR) is 48.0 cm³/mol. The summed E-state index contributed by atoms with van der Waals surface area (Å²) in [5, 5.41) is 11.2. The number of ether oxygens (including phenoxy) is 1. The van der Waals surface area contributed by atoms with Gasteiger partial charge in [0, 0.05) is 5.56 Å². The van der Waals surface area contributed by atoms with Gasteiger partial charge in [-0.15, -0.1) is 0 Å². The molecular weight excluding hydrogens is 170 g/mol. The summed E-state index contributed by atoms with van der Waals surface area (Å²) in [6.45, 7) is 1.86. The van der Waals surface area contributed by atoms with E-state index in [9.17, 15) is 0 Å². The highest BCUT2D eigenvalue weighted by atomic mass is 16.5. The third-order valence-corrected chi connectivity index (χ3v) is 1.61. The van der Waals surface area contributed by atoms with Crippen molar-refractivity contribution in [2.75, 3.05) is 7.11 Å². The van der Waals surface area contributed by atoms with Gasteiger partial charge < -0.3 is 15.7 Å². The van der Waals surface area contributed by atoms with Gasteiger partial charge in [0.2, 0.25) is 5.88 Å². The van der Waals surface area contributed by atoms with Crippen LogP contribution in [0.3, 0.4) is 0 Å². The van der Waals surface area contributed by atoms with Gasteiger partial charge in [-0.2, -0.15) is 0 Å². The number of aryl methyl sites for hydroxylation is 1. The fourth-order valence-corrected chi connectivity index (χ4v) is 0.911. The Morgan fingerprint density at radius 1 is 1.62 bits per heavy atom. The number of methoxy groups -OCH3 is 1. The largest absolute Gasteiger partial charge is 0.481 e. The van der Waals surface area contributed by atoms with Gasteiger partial charge in [-0.05, 0) is 13.0 Å². The van der Waals surface area contributed by atoms with E-state index >= 15 is 0 Å². The van der Waals surface area contributed by atoms with Gasteiger partial charge in [-0.1, -0.05) is 11.2 Å². The van der Waals surface area contributed by atoms with Crippen LogP contribution in [0, 0.1) is 6.92 Å². The first-order valence-electron chi connectivity index (χ1n) is 3.68. The van der Waals surface area contributed by atoms with Gasteiger partial charge >= 0.3 is 0 Å². The van der Waals surface area contributed by atoms with Crippen molar-refractivity contribution in [3.8, 4) is 5.88 Å². The van der Waals surface area contributed by atoms with Gasteiger partial charge in [0.1, 0.15) is 5.69 Å². The maximum atomic E-state index is 8.40. The fraction of sp³-hybridized carbons (Fsp3) is 0.250. The van der Waals surface area contributed by atoms with Crippen molar-refractivity contribution in [3.05, 3.63) is 23.4 Å². The van der Waals surface area contributed by atoms with Crippen LogP contribution in [0.2, 0.25) is 0 Å². The zero-order valence-corrected chi connectivity index (χ0v) is 7.48. The average molecular weight is 181 g/mol. The number of nitrogens with zero attached hydrogens (tertiary/aromatic N) is 2. The number of oxime groups is 1. The number of hydrogen-bond acceptors (Lipinski definition) is 4. The third-order valence-electron chi connectivity index (χ3n) is 1.61. The highest BCUT2D eigenvalue weighted by Gasteiger charge is 2.05. The Balaban J connectivity index is 3.13. The molecule has 0 aliphatic carbocycles. The van der Waals surface area contributed by atoms with Crippen molar-refractivity contribution < 1.29 is 9.94 Å². The van der Waals surface area contributed by atoms with E-state index in [0.717, 1.165) is 5.56 Å². The maximum Gasteiger partial charge on any atom is 0.216 e. The van der Waals surface area contributed by atoms with E-state index in [1.54, 1.807) is 12.1 Å². The molecule has 0 unspecified atom stereocenters. The van der Waals surface area contributed by atoms with Crippen molar-refractivity contribution >= 4 is 5.84 Å². The lowest BCUT2D eigenvalue weighted by Gasteiger charge is -2.04. The van der Waals surface area contributed by atoms with Crippen LogP contribution in [0.1, 0.15) is 11.3 Å². The molecule has 0 spiro atoms. The summed E-state index contributed by atoms with van der Waals surface area (Å²) in [5.74, 6) is 0.447. The third kappa shape index (κ3) is 1.87. The van der Waals surface area contributed by atoms with Gasteiger partial charge in [0.15, 0.2) is 5.84 Å². The second-order valence-corrected chi connectivity index (χ2v) is 2.51. The first-order valence-corrected chi connectivity index (χ1v) is 3.68. The second-order valence-electron chi connectivity index (χ2n) is 2.51. The smallest absolute Gasteiger partial charge is 0.216 e. The van der Waals surface area contributed by atoms with Crippen molar-refractivity contribution in [2.45, 2.75) is 6.92 Å². The highest BCUT2D eigenvalue weighted by molar-refractivity contribution is 5.95. The van der Waals surface area contributed by atoms with Gasteiger partial charge in [-0.25, -0.2) is 4.98 Å². The van der Waals surface area contributed by atoms with Crippen LogP contribution in [0.4, 0.5) is 0 Å². The molecule has 0 bridgehead atoms. The molecule has 5 nitrogen and oxygen atoms in total. The lowest BCUT2D eigenvalue weighted by atomic mass is 10.2. The minimum absolute atomic E-state index is 0.0294. The molecule has 0 saturated heterocycles. The zero-order chi connectivity index (χ0) is 9.84. The van der Waals surface area contributed by atoms with Gasteiger partial charge in [0.05, 0.1) is 7.11 Å². The Hall–Kier alpha value is -1.78. The molecule has 0 amide bonds. The van der Waals surface area contributed by atoms with E-state index in [4.69, 9.17) is 15.7 Å².